The highest BCUT2D eigenvalue weighted by Crippen LogP contribution is 2.26. The second kappa shape index (κ2) is 8.03. The van der Waals surface area contributed by atoms with Gasteiger partial charge in [0.2, 0.25) is 17.6 Å². The molecule has 5 nitrogen and oxygen atoms in total. The molecular weight excluding hydrogens is 378 g/mol. The number of thioether (sulfide) groups is 1. The number of nitrogens with zero attached hydrogens (tertiary/aromatic N) is 2. The number of hydrogen-bond donors (Lipinski definition) is 1. The quantitative estimate of drug-likeness (QED) is 0.636. The van der Waals surface area contributed by atoms with Crippen LogP contribution in [0.5, 0.6) is 0 Å². The number of amides is 1. The summed E-state index contributed by atoms with van der Waals surface area (Å²) in [5.74, 6) is 1.47. The fraction of sp³-hybridized carbons (Fsp3) is 0.235. The molecule has 0 aliphatic carbocycles. The first-order valence-electron chi connectivity index (χ1n) is 7.58. The summed E-state index contributed by atoms with van der Waals surface area (Å²) in [7, 11) is 0. The minimum Gasteiger partial charge on any atom is -0.338 e. The maximum Gasteiger partial charge on any atom is 0.237 e. The molecule has 1 aromatic carbocycles. The molecule has 0 fully saturated rings. The van der Waals surface area contributed by atoms with Crippen LogP contribution in [0.2, 0.25) is 5.02 Å². The highest BCUT2D eigenvalue weighted by Gasteiger charge is 2.17. The van der Waals surface area contributed by atoms with E-state index >= 15 is 0 Å². The van der Waals surface area contributed by atoms with E-state index in [1.807, 2.05) is 43.5 Å². The van der Waals surface area contributed by atoms with Crippen LogP contribution < -0.4 is 5.32 Å². The first-order valence-corrected chi connectivity index (χ1v) is 9.89. The Morgan fingerprint density at radius 1 is 1.40 bits per heavy atom. The van der Waals surface area contributed by atoms with Crippen molar-refractivity contribution in [3.63, 3.8) is 0 Å². The van der Waals surface area contributed by atoms with Gasteiger partial charge in [-0.3, -0.25) is 4.79 Å². The molecule has 130 valence electrons. The molecule has 1 unspecified atom stereocenters. The van der Waals surface area contributed by atoms with Gasteiger partial charge in [0.1, 0.15) is 0 Å². The van der Waals surface area contributed by atoms with Crippen LogP contribution in [-0.4, -0.2) is 21.3 Å². The van der Waals surface area contributed by atoms with Crippen molar-refractivity contribution in [3.05, 3.63) is 52.2 Å². The Morgan fingerprint density at radius 2 is 2.24 bits per heavy atom. The third-order valence-electron chi connectivity index (χ3n) is 3.56. The Morgan fingerprint density at radius 3 is 3.00 bits per heavy atom. The van der Waals surface area contributed by atoms with Crippen LogP contribution in [0.25, 0.3) is 10.7 Å². The molecule has 3 aromatic rings. The molecule has 0 bridgehead atoms. The Kier molecular flexibility index (Phi) is 5.78. The number of thiophene rings is 1. The number of aromatic nitrogens is 2. The molecule has 0 aliphatic rings. The lowest BCUT2D eigenvalue weighted by molar-refractivity contribution is -0.115. The van der Waals surface area contributed by atoms with Gasteiger partial charge in [0.05, 0.1) is 15.9 Å². The van der Waals surface area contributed by atoms with Crippen LogP contribution in [0.3, 0.4) is 0 Å². The standard InChI is InChI=1S/C17H16ClN3O2S2/c1-10-12(18)5-3-6-13(10)19-17(22)11(2)25-9-15-20-16(21-23-15)14-7-4-8-24-14/h3-8,11H,9H2,1-2H3,(H,19,22). The number of anilines is 1. The fourth-order valence-electron chi connectivity index (χ4n) is 2.07. The Bertz CT molecular complexity index is 865. The summed E-state index contributed by atoms with van der Waals surface area (Å²) in [4.78, 5) is 17.7. The second-order valence-electron chi connectivity index (χ2n) is 5.34. The average molecular weight is 394 g/mol. The van der Waals surface area contributed by atoms with Gasteiger partial charge in [-0.15, -0.1) is 23.1 Å². The highest BCUT2D eigenvalue weighted by atomic mass is 35.5. The van der Waals surface area contributed by atoms with E-state index in [4.69, 9.17) is 16.1 Å². The van der Waals surface area contributed by atoms with Crippen molar-refractivity contribution >= 4 is 46.3 Å². The smallest absolute Gasteiger partial charge is 0.237 e. The summed E-state index contributed by atoms with van der Waals surface area (Å²) in [5.41, 5.74) is 1.58. The monoisotopic (exact) mass is 393 g/mol. The summed E-state index contributed by atoms with van der Waals surface area (Å²) < 4.78 is 5.25. The first-order chi connectivity index (χ1) is 12.0. The van der Waals surface area contributed by atoms with Gasteiger partial charge >= 0.3 is 0 Å². The minimum absolute atomic E-state index is 0.0895. The van der Waals surface area contributed by atoms with Crippen LogP contribution in [0.15, 0.2) is 40.2 Å². The molecule has 0 aliphatic heterocycles. The summed E-state index contributed by atoms with van der Waals surface area (Å²) in [6.07, 6.45) is 0. The van der Waals surface area contributed by atoms with Gasteiger partial charge in [-0.05, 0) is 43.0 Å². The van der Waals surface area contributed by atoms with E-state index in [0.29, 0.717) is 22.5 Å². The zero-order valence-electron chi connectivity index (χ0n) is 13.7. The van der Waals surface area contributed by atoms with Gasteiger partial charge in [0, 0.05) is 10.7 Å². The topological polar surface area (TPSA) is 68.0 Å². The zero-order chi connectivity index (χ0) is 17.8. The van der Waals surface area contributed by atoms with Gasteiger partial charge in [0.25, 0.3) is 0 Å². The maximum atomic E-state index is 12.3. The third kappa shape index (κ3) is 4.42. The van der Waals surface area contributed by atoms with Gasteiger partial charge in [-0.25, -0.2) is 0 Å². The number of hydrogen-bond acceptors (Lipinski definition) is 6. The van der Waals surface area contributed by atoms with Crippen molar-refractivity contribution in [2.24, 2.45) is 0 Å². The van der Waals surface area contributed by atoms with E-state index in [1.165, 1.54) is 11.8 Å². The summed E-state index contributed by atoms with van der Waals surface area (Å²) in [6.45, 7) is 3.72. The molecule has 1 amide bonds. The highest BCUT2D eigenvalue weighted by molar-refractivity contribution is 7.99. The minimum atomic E-state index is -0.268. The number of rotatable bonds is 6. The molecule has 8 heteroatoms. The fourth-order valence-corrected chi connectivity index (χ4v) is 3.61. The summed E-state index contributed by atoms with van der Waals surface area (Å²) in [6, 6.07) is 9.32. The van der Waals surface area contributed by atoms with Gasteiger partial charge < -0.3 is 9.84 Å². The van der Waals surface area contributed by atoms with Crippen LogP contribution in [-0.2, 0) is 10.5 Å². The van der Waals surface area contributed by atoms with Gasteiger partial charge in [0.15, 0.2) is 0 Å². The number of carbonyl (C=O) groups excluding carboxylic acids is 1. The van der Waals surface area contributed by atoms with Crippen molar-refractivity contribution < 1.29 is 9.32 Å². The van der Waals surface area contributed by atoms with Crippen LogP contribution in [0.1, 0.15) is 18.4 Å². The Balaban J connectivity index is 1.56. The van der Waals surface area contributed by atoms with Crippen molar-refractivity contribution in [3.8, 4) is 10.7 Å². The van der Waals surface area contributed by atoms with E-state index in [0.717, 1.165) is 16.1 Å². The molecule has 0 spiro atoms. The Hall–Kier alpha value is -1.83. The number of nitrogens with one attached hydrogen (secondary N) is 1. The van der Waals surface area contributed by atoms with Gasteiger partial charge in [-0.2, -0.15) is 4.98 Å². The SMILES string of the molecule is Cc1c(Cl)cccc1NC(=O)C(C)SCc1nc(-c2cccs2)no1. The van der Waals surface area contributed by atoms with Crippen molar-refractivity contribution in [2.75, 3.05) is 5.32 Å². The summed E-state index contributed by atoms with van der Waals surface area (Å²) >= 11 is 9.07. The lowest BCUT2D eigenvalue weighted by atomic mass is 10.2. The third-order valence-corrected chi connectivity index (χ3v) is 5.96. The number of carbonyl (C=O) groups is 1. The van der Waals surface area contributed by atoms with E-state index in [1.54, 1.807) is 17.4 Å². The van der Waals surface area contributed by atoms with E-state index in [2.05, 4.69) is 15.5 Å². The molecule has 25 heavy (non-hydrogen) atoms. The number of benzene rings is 1. The van der Waals surface area contributed by atoms with Crippen LogP contribution in [0, 0.1) is 6.92 Å². The first kappa shape index (κ1) is 18.0. The van der Waals surface area contributed by atoms with Gasteiger partial charge in [-0.1, -0.05) is 28.9 Å². The molecule has 0 saturated carbocycles. The van der Waals surface area contributed by atoms with E-state index < -0.39 is 0 Å². The zero-order valence-corrected chi connectivity index (χ0v) is 16.0. The molecule has 2 heterocycles. The van der Waals surface area contributed by atoms with Crippen molar-refractivity contribution in [2.45, 2.75) is 24.9 Å². The van der Waals surface area contributed by atoms with E-state index in [9.17, 15) is 4.79 Å². The normalized spacial score (nSPS) is 12.1. The Labute approximate surface area is 158 Å². The van der Waals surface area contributed by atoms with E-state index in [-0.39, 0.29) is 11.2 Å². The molecule has 1 atom stereocenters. The predicted octanol–water partition coefficient (Wildman–Crippen LogP) is 5.02. The molecule has 1 N–H and O–H groups in total. The molecule has 2 aromatic heterocycles. The second-order valence-corrected chi connectivity index (χ2v) is 8.03. The van der Waals surface area contributed by atoms with Crippen molar-refractivity contribution in [1.82, 2.24) is 10.1 Å². The van der Waals surface area contributed by atoms with Crippen molar-refractivity contribution in [1.29, 1.82) is 0 Å². The predicted molar refractivity (Wildman–Crippen MR) is 103 cm³/mol. The molecular formula is C17H16ClN3O2S2. The largest absolute Gasteiger partial charge is 0.338 e. The summed E-state index contributed by atoms with van der Waals surface area (Å²) in [5, 5.41) is 9.20. The lowest BCUT2D eigenvalue weighted by Gasteiger charge is -2.13. The molecule has 0 saturated heterocycles. The van der Waals surface area contributed by atoms with Crippen LogP contribution >= 0.6 is 34.7 Å². The lowest BCUT2D eigenvalue weighted by Crippen LogP contribution is -2.23. The average Bonchev–Trinajstić information content (AvgIpc) is 3.27. The molecule has 3 rings (SSSR count). The molecule has 0 radical (unpaired) electrons. The van der Waals surface area contributed by atoms with Crippen LogP contribution in [0.4, 0.5) is 5.69 Å². The maximum absolute atomic E-state index is 12.3. The number of halogens is 1.